The van der Waals surface area contributed by atoms with Crippen LogP contribution in [0, 0.1) is 17.8 Å². The minimum atomic E-state index is -0.630. The van der Waals surface area contributed by atoms with Gasteiger partial charge in [-0.15, -0.1) is 0 Å². The number of carboxylic acid groups (broad SMARTS) is 1. The van der Waals surface area contributed by atoms with E-state index in [0.717, 1.165) is 25.9 Å². The second-order valence-electron chi connectivity index (χ2n) is 9.15. The number of likely N-dealkylation sites (tertiary alicyclic amines) is 1. The van der Waals surface area contributed by atoms with Gasteiger partial charge in [-0.25, -0.2) is 0 Å². The number of aromatic hydroxyl groups is 1. The topological polar surface area (TPSA) is 92.3 Å². The third kappa shape index (κ3) is 5.26. The molecule has 0 spiro atoms. The molecule has 3 rings (SSSR count). The monoisotopic (exact) mass is 391 g/mol. The van der Waals surface area contributed by atoms with Crippen molar-refractivity contribution in [3.8, 4) is 5.75 Å². The summed E-state index contributed by atoms with van der Waals surface area (Å²) in [6, 6.07) is 7.62. The molecule has 1 aliphatic heterocycles. The summed E-state index contributed by atoms with van der Waals surface area (Å²) in [5.74, 6) is 0.457. The van der Waals surface area contributed by atoms with E-state index < -0.39 is 5.97 Å². The number of nitrogens with zero attached hydrogens (tertiary/aromatic N) is 1. The minimum Gasteiger partial charge on any atom is -0.508 e. The zero-order valence-electron chi connectivity index (χ0n) is 17.4. The number of phenols is 1. The van der Waals surface area contributed by atoms with Gasteiger partial charge >= 0.3 is 5.97 Å². The van der Waals surface area contributed by atoms with Gasteiger partial charge in [-0.2, -0.15) is 0 Å². The first-order valence-corrected chi connectivity index (χ1v) is 10.6. The second-order valence-corrected chi connectivity index (χ2v) is 9.15. The number of carboxylic acids is 1. The van der Waals surface area contributed by atoms with Gasteiger partial charge in [-0.1, -0.05) is 58.1 Å². The largest absolute Gasteiger partial charge is 0.508 e. The van der Waals surface area contributed by atoms with Gasteiger partial charge in [0.15, 0.2) is 0 Å². The Bertz CT molecular complexity index is 643. The van der Waals surface area contributed by atoms with Crippen molar-refractivity contribution in [2.24, 2.45) is 17.8 Å². The van der Waals surface area contributed by atoms with Gasteiger partial charge in [0.2, 0.25) is 0 Å². The van der Waals surface area contributed by atoms with Crippen molar-refractivity contribution in [3.05, 3.63) is 29.8 Å². The lowest BCUT2D eigenvalue weighted by molar-refractivity contribution is -0.143. The summed E-state index contributed by atoms with van der Waals surface area (Å²) in [6.45, 7) is 7.05. The summed E-state index contributed by atoms with van der Waals surface area (Å²) in [4.78, 5) is 14.2. The Kier molecular flexibility index (Phi) is 7.90. The zero-order valence-corrected chi connectivity index (χ0v) is 17.4. The van der Waals surface area contributed by atoms with Crippen LogP contribution in [0.1, 0.15) is 64.4 Å². The Morgan fingerprint density at radius 3 is 2.61 bits per heavy atom. The quantitative estimate of drug-likeness (QED) is 0.770. The molecule has 0 amide bonds. The molecular weight excluding hydrogens is 354 g/mol. The lowest BCUT2D eigenvalue weighted by atomic mass is 9.68. The zero-order chi connectivity index (χ0) is 19.4. The molecule has 3 atom stereocenters. The molecule has 2 aliphatic rings. The van der Waals surface area contributed by atoms with Gasteiger partial charge in [0, 0.05) is 13.1 Å². The number of piperidine rings is 1. The van der Waals surface area contributed by atoms with Crippen LogP contribution in [-0.2, 0) is 10.2 Å². The van der Waals surface area contributed by atoms with E-state index >= 15 is 0 Å². The van der Waals surface area contributed by atoms with E-state index in [0.29, 0.717) is 24.1 Å². The van der Waals surface area contributed by atoms with Crippen molar-refractivity contribution in [1.82, 2.24) is 4.90 Å². The Labute approximate surface area is 169 Å². The number of aliphatic carboxylic acids is 1. The van der Waals surface area contributed by atoms with E-state index in [1.54, 1.807) is 6.07 Å². The Balaban J connectivity index is 0.00000280. The molecule has 1 aromatic carbocycles. The van der Waals surface area contributed by atoms with Crippen LogP contribution < -0.4 is 0 Å². The normalized spacial score (nSPS) is 27.7. The fraction of sp³-hybridized carbons (Fsp3) is 0.696. The number of benzene rings is 1. The fourth-order valence-corrected chi connectivity index (χ4v) is 5.16. The highest BCUT2D eigenvalue weighted by Crippen LogP contribution is 2.40. The molecule has 5 heteroatoms. The SMILES string of the molecule is CC1CN(CC(CC2CCCCC2)C(=O)O)CCC1(C)c1cccc(O)c1.O. The third-order valence-electron chi connectivity index (χ3n) is 7.24. The molecule has 1 saturated carbocycles. The number of phenolic OH excluding ortho intramolecular Hbond substituents is 1. The predicted molar refractivity (Wildman–Crippen MR) is 112 cm³/mol. The average Bonchev–Trinajstić information content (AvgIpc) is 2.65. The number of hydrogen-bond acceptors (Lipinski definition) is 3. The van der Waals surface area contributed by atoms with Crippen molar-refractivity contribution >= 4 is 5.97 Å². The molecule has 0 bridgehead atoms. The van der Waals surface area contributed by atoms with Crippen molar-refractivity contribution in [3.63, 3.8) is 0 Å². The summed E-state index contributed by atoms with van der Waals surface area (Å²) in [7, 11) is 0. The lowest BCUT2D eigenvalue weighted by Crippen LogP contribution is -2.49. The van der Waals surface area contributed by atoms with Gasteiger partial charge in [-0.05, 0) is 54.3 Å². The highest BCUT2D eigenvalue weighted by Gasteiger charge is 2.39. The first kappa shape index (κ1) is 22.7. The average molecular weight is 392 g/mol. The Morgan fingerprint density at radius 1 is 1.29 bits per heavy atom. The summed E-state index contributed by atoms with van der Waals surface area (Å²) >= 11 is 0. The highest BCUT2D eigenvalue weighted by molar-refractivity contribution is 5.70. The van der Waals surface area contributed by atoms with Crippen LogP contribution >= 0.6 is 0 Å². The fourth-order valence-electron chi connectivity index (χ4n) is 5.16. The maximum Gasteiger partial charge on any atom is 0.307 e. The maximum absolute atomic E-state index is 11.9. The molecule has 5 nitrogen and oxygen atoms in total. The van der Waals surface area contributed by atoms with Crippen molar-refractivity contribution in [2.45, 2.75) is 64.2 Å². The van der Waals surface area contributed by atoms with Crippen LogP contribution in [0.3, 0.4) is 0 Å². The first-order valence-electron chi connectivity index (χ1n) is 10.6. The third-order valence-corrected chi connectivity index (χ3v) is 7.24. The van der Waals surface area contributed by atoms with E-state index in [-0.39, 0.29) is 16.8 Å². The number of rotatable bonds is 6. The molecule has 4 N–H and O–H groups in total. The molecule has 2 fully saturated rings. The molecule has 1 aromatic rings. The Morgan fingerprint density at radius 2 is 2.00 bits per heavy atom. The molecule has 28 heavy (non-hydrogen) atoms. The van der Waals surface area contributed by atoms with Crippen molar-refractivity contribution in [1.29, 1.82) is 0 Å². The lowest BCUT2D eigenvalue weighted by Gasteiger charge is -2.45. The molecule has 3 unspecified atom stereocenters. The molecule has 158 valence electrons. The smallest absolute Gasteiger partial charge is 0.307 e. The second kappa shape index (κ2) is 9.75. The van der Waals surface area contributed by atoms with E-state index in [1.807, 2.05) is 12.1 Å². The van der Waals surface area contributed by atoms with Crippen LogP contribution in [0.15, 0.2) is 24.3 Å². The molecule has 1 heterocycles. The summed E-state index contributed by atoms with van der Waals surface area (Å²) in [5.41, 5.74) is 1.21. The summed E-state index contributed by atoms with van der Waals surface area (Å²) in [6.07, 6.45) is 8.08. The van der Waals surface area contributed by atoms with Crippen LogP contribution in [0.5, 0.6) is 5.75 Å². The van der Waals surface area contributed by atoms with Crippen molar-refractivity contribution < 1.29 is 20.5 Å². The highest BCUT2D eigenvalue weighted by atomic mass is 16.4. The van der Waals surface area contributed by atoms with E-state index in [9.17, 15) is 15.0 Å². The van der Waals surface area contributed by atoms with E-state index in [2.05, 4.69) is 24.8 Å². The van der Waals surface area contributed by atoms with Crippen LogP contribution in [0.25, 0.3) is 0 Å². The molecule has 1 saturated heterocycles. The predicted octanol–water partition coefficient (Wildman–Crippen LogP) is 3.84. The van der Waals surface area contributed by atoms with Gasteiger partial charge in [0.25, 0.3) is 0 Å². The summed E-state index contributed by atoms with van der Waals surface area (Å²) in [5, 5.41) is 19.6. The van der Waals surface area contributed by atoms with Gasteiger partial charge in [0.05, 0.1) is 5.92 Å². The Hall–Kier alpha value is -1.59. The molecule has 1 aliphatic carbocycles. The number of carbonyl (C=O) groups is 1. The van der Waals surface area contributed by atoms with Crippen LogP contribution in [0.4, 0.5) is 0 Å². The maximum atomic E-state index is 11.9. The van der Waals surface area contributed by atoms with E-state index in [4.69, 9.17) is 0 Å². The van der Waals surface area contributed by atoms with Gasteiger partial charge < -0.3 is 20.6 Å². The van der Waals surface area contributed by atoms with Gasteiger partial charge in [0.1, 0.15) is 5.75 Å². The molecule has 0 radical (unpaired) electrons. The van der Waals surface area contributed by atoms with E-state index in [1.165, 1.54) is 37.7 Å². The number of hydrogen-bond donors (Lipinski definition) is 2. The first-order chi connectivity index (χ1) is 12.9. The van der Waals surface area contributed by atoms with Crippen molar-refractivity contribution in [2.75, 3.05) is 19.6 Å². The van der Waals surface area contributed by atoms with Crippen LogP contribution in [-0.4, -0.2) is 46.2 Å². The summed E-state index contributed by atoms with van der Waals surface area (Å²) < 4.78 is 0. The standard InChI is InChI=1S/C23H35NO3.H2O/c1-17-15-24(12-11-23(17,2)20-9-6-10-21(25)14-20)16-19(22(26)27)13-18-7-4-3-5-8-18;/h6,9-10,14,17-19,25H,3-5,7-8,11-13,15-16H2,1-2H3,(H,26,27);1H2. The molecular formula is C23H37NO4. The van der Waals surface area contributed by atoms with Gasteiger partial charge in [-0.3, -0.25) is 4.79 Å². The minimum absolute atomic E-state index is 0. The van der Waals surface area contributed by atoms with Crippen LogP contribution in [0.2, 0.25) is 0 Å². The molecule has 0 aromatic heterocycles.